The molecule has 0 N–H and O–H groups in total. The molecule has 0 spiro atoms. The monoisotopic (exact) mass is 314 g/mol. The number of aldehydes is 1. The van der Waals surface area contributed by atoms with Crippen molar-refractivity contribution in [3.05, 3.63) is 23.8 Å². The fourth-order valence-corrected chi connectivity index (χ4v) is 1.90. The van der Waals surface area contributed by atoms with Crippen molar-refractivity contribution < 1.29 is 33.2 Å². The van der Waals surface area contributed by atoms with Crippen LogP contribution in [0, 0.1) is 0 Å². The Kier molecular flexibility index (Phi) is 8.46. The molecule has 1 rings (SSSR count). The van der Waals surface area contributed by atoms with Gasteiger partial charge in [-0.25, -0.2) is 0 Å². The highest BCUT2D eigenvalue weighted by molar-refractivity contribution is 5.58. The third kappa shape index (κ3) is 4.96. The van der Waals surface area contributed by atoms with Gasteiger partial charge in [0.15, 0.2) is 17.8 Å². The maximum atomic E-state index is 11.3. The predicted molar refractivity (Wildman–Crippen MR) is 78.1 cm³/mol. The maximum absolute atomic E-state index is 11.3. The van der Waals surface area contributed by atoms with E-state index in [1.54, 1.807) is 25.3 Å². The van der Waals surface area contributed by atoms with Gasteiger partial charge in [0, 0.05) is 14.2 Å². The number of rotatable bonds is 11. The minimum atomic E-state index is -0.840. The van der Waals surface area contributed by atoms with E-state index in [1.165, 1.54) is 21.3 Å². The molecule has 7 nitrogen and oxygen atoms in total. The second-order valence-electron chi connectivity index (χ2n) is 4.28. The Morgan fingerprint density at radius 3 is 2.14 bits per heavy atom. The Hall–Kier alpha value is -1.67. The van der Waals surface area contributed by atoms with E-state index in [1.807, 2.05) is 0 Å². The Labute approximate surface area is 130 Å². The molecule has 1 aromatic carbocycles. The molecule has 0 unspecified atom stereocenters. The van der Waals surface area contributed by atoms with Gasteiger partial charge in [-0.3, -0.25) is 0 Å². The van der Waals surface area contributed by atoms with E-state index in [-0.39, 0.29) is 13.6 Å². The summed E-state index contributed by atoms with van der Waals surface area (Å²) in [5, 5.41) is 0. The van der Waals surface area contributed by atoms with Crippen molar-refractivity contribution in [2.45, 2.75) is 12.2 Å². The quantitative estimate of drug-likeness (QED) is 0.453. The molecular weight excluding hydrogens is 292 g/mol. The zero-order valence-electron chi connectivity index (χ0n) is 13.2. The molecule has 2 atom stereocenters. The van der Waals surface area contributed by atoms with Crippen LogP contribution in [0.15, 0.2) is 18.2 Å². The van der Waals surface area contributed by atoms with E-state index in [0.717, 1.165) is 0 Å². The molecule has 0 saturated heterocycles. The number of carbonyl (C=O) groups excluding carboxylic acids is 1. The Bertz CT molecular complexity index is 450. The standard InChI is InChI=1S/C15H22O7/c1-17-9-21-14(8-16)15(22-10-18-2)11-5-6-12(19-3)13(7-11)20-4/h5-8,14-15H,9-10H2,1-4H3/t14-,15+/m0/s1. The maximum Gasteiger partial charge on any atom is 0.161 e. The highest BCUT2D eigenvalue weighted by Crippen LogP contribution is 2.32. The highest BCUT2D eigenvalue weighted by Gasteiger charge is 2.26. The Morgan fingerprint density at radius 2 is 1.59 bits per heavy atom. The van der Waals surface area contributed by atoms with Gasteiger partial charge in [-0.15, -0.1) is 0 Å². The van der Waals surface area contributed by atoms with Crippen LogP contribution in [0.3, 0.4) is 0 Å². The van der Waals surface area contributed by atoms with E-state index in [2.05, 4.69) is 0 Å². The van der Waals surface area contributed by atoms with Gasteiger partial charge in [0.2, 0.25) is 0 Å². The van der Waals surface area contributed by atoms with Crippen LogP contribution >= 0.6 is 0 Å². The van der Waals surface area contributed by atoms with E-state index >= 15 is 0 Å². The summed E-state index contributed by atoms with van der Waals surface area (Å²) in [6.45, 7) is -0.0107. The van der Waals surface area contributed by atoms with Crippen molar-refractivity contribution in [2.75, 3.05) is 42.0 Å². The Morgan fingerprint density at radius 1 is 0.955 bits per heavy atom. The van der Waals surface area contributed by atoms with Gasteiger partial charge < -0.3 is 33.2 Å². The third-order valence-corrected chi connectivity index (χ3v) is 2.91. The highest BCUT2D eigenvalue weighted by atomic mass is 16.7. The largest absolute Gasteiger partial charge is 0.493 e. The van der Waals surface area contributed by atoms with Gasteiger partial charge >= 0.3 is 0 Å². The summed E-state index contributed by atoms with van der Waals surface area (Å²) >= 11 is 0. The van der Waals surface area contributed by atoms with Crippen molar-refractivity contribution in [2.24, 2.45) is 0 Å². The molecule has 124 valence electrons. The molecule has 0 amide bonds. The lowest BCUT2D eigenvalue weighted by Gasteiger charge is -2.24. The van der Waals surface area contributed by atoms with E-state index in [4.69, 9.17) is 28.4 Å². The zero-order valence-corrected chi connectivity index (χ0v) is 13.2. The second kappa shape index (κ2) is 10.1. The van der Waals surface area contributed by atoms with Gasteiger partial charge in [-0.05, 0) is 17.7 Å². The van der Waals surface area contributed by atoms with Crippen LogP contribution in [0.1, 0.15) is 11.7 Å². The molecule has 0 saturated carbocycles. The first-order chi connectivity index (χ1) is 10.7. The van der Waals surface area contributed by atoms with Gasteiger partial charge in [-0.1, -0.05) is 6.07 Å². The smallest absolute Gasteiger partial charge is 0.161 e. The number of ether oxygens (including phenoxy) is 6. The molecule has 22 heavy (non-hydrogen) atoms. The van der Waals surface area contributed by atoms with Crippen molar-refractivity contribution in [3.63, 3.8) is 0 Å². The number of hydrogen-bond acceptors (Lipinski definition) is 7. The van der Waals surface area contributed by atoms with Gasteiger partial charge in [-0.2, -0.15) is 0 Å². The predicted octanol–water partition coefficient (Wildman–Crippen LogP) is 1.55. The number of carbonyl (C=O) groups is 1. The molecule has 0 aliphatic carbocycles. The minimum absolute atomic E-state index is 0.0136. The molecule has 0 aromatic heterocycles. The second-order valence-corrected chi connectivity index (χ2v) is 4.28. The van der Waals surface area contributed by atoms with Crippen LogP contribution in [0.2, 0.25) is 0 Å². The topological polar surface area (TPSA) is 72.5 Å². The minimum Gasteiger partial charge on any atom is -0.493 e. The summed E-state index contributed by atoms with van der Waals surface area (Å²) in [7, 11) is 6.05. The molecule has 0 aliphatic heterocycles. The molecule has 0 heterocycles. The first kappa shape index (κ1) is 18.4. The molecule has 7 heteroatoms. The zero-order chi connectivity index (χ0) is 16.4. The molecular formula is C15H22O7. The van der Waals surface area contributed by atoms with Crippen LogP contribution in [-0.2, 0) is 23.7 Å². The van der Waals surface area contributed by atoms with Gasteiger partial charge in [0.1, 0.15) is 25.8 Å². The number of methoxy groups -OCH3 is 4. The van der Waals surface area contributed by atoms with Crippen LogP contribution in [0.5, 0.6) is 11.5 Å². The number of benzene rings is 1. The third-order valence-electron chi connectivity index (χ3n) is 2.91. The Balaban J connectivity index is 3.06. The summed E-state index contributed by atoms with van der Waals surface area (Å²) in [5.41, 5.74) is 0.697. The van der Waals surface area contributed by atoms with Crippen LogP contribution in [0.4, 0.5) is 0 Å². The number of hydrogen-bond donors (Lipinski definition) is 0. The summed E-state index contributed by atoms with van der Waals surface area (Å²) < 4.78 is 31.1. The van der Waals surface area contributed by atoms with Crippen LogP contribution < -0.4 is 9.47 Å². The van der Waals surface area contributed by atoms with E-state index in [9.17, 15) is 4.79 Å². The summed E-state index contributed by atoms with van der Waals surface area (Å²) in [4.78, 5) is 11.3. The summed E-state index contributed by atoms with van der Waals surface area (Å²) in [5.74, 6) is 1.11. The average molecular weight is 314 g/mol. The lowest BCUT2D eigenvalue weighted by molar-refractivity contribution is -0.164. The SMILES string of the molecule is COCO[C@@H](C=O)[C@H](OCOC)c1ccc(OC)c(OC)c1. The van der Waals surface area contributed by atoms with Gasteiger partial charge in [0.25, 0.3) is 0 Å². The first-order valence-corrected chi connectivity index (χ1v) is 6.60. The lowest BCUT2D eigenvalue weighted by Crippen LogP contribution is -2.27. The van der Waals surface area contributed by atoms with Crippen molar-refractivity contribution in [1.82, 2.24) is 0 Å². The van der Waals surface area contributed by atoms with E-state index < -0.39 is 12.2 Å². The fraction of sp³-hybridized carbons (Fsp3) is 0.533. The first-order valence-electron chi connectivity index (χ1n) is 6.60. The van der Waals surface area contributed by atoms with Crippen LogP contribution in [-0.4, -0.2) is 54.4 Å². The van der Waals surface area contributed by atoms with E-state index in [0.29, 0.717) is 23.3 Å². The molecule has 1 aromatic rings. The normalized spacial score (nSPS) is 13.5. The van der Waals surface area contributed by atoms with Crippen molar-refractivity contribution in [1.29, 1.82) is 0 Å². The average Bonchev–Trinajstić information content (AvgIpc) is 2.57. The van der Waals surface area contributed by atoms with Crippen molar-refractivity contribution in [3.8, 4) is 11.5 Å². The summed E-state index contributed by atoms with van der Waals surface area (Å²) in [6.07, 6.45) is -0.837. The van der Waals surface area contributed by atoms with Crippen LogP contribution in [0.25, 0.3) is 0 Å². The fourth-order valence-electron chi connectivity index (χ4n) is 1.90. The molecule has 0 aliphatic rings. The summed E-state index contributed by atoms with van der Waals surface area (Å²) in [6, 6.07) is 5.23. The molecule has 0 fully saturated rings. The molecule has 0 bridgehead atoms. The lowest BCUT2D eigenvalue weighted by atomic mass is 10.0. The van der Waals surface area contributed by atoms with Gasteiger partial charge in [0.05, 0.1) is 14.2 Å². The van der Waals surface area contributed by atoms with Crippen molar-refractivity contribution >= 4 is 6.29 Å². The molecule has 0 radical (unpaired) electrons.